The smallest absolute Gasteiger partial charge is 0.407 e. The number of carboxylic acids is 1. The van der Waals surface area contributed by atoms with Crippen LogP contribution in [0.3, 0.4) is 0 Å². The Kier molecular flexibility index (Phi) is 5.84. The Morgan fingerprint density at radius 2 is 2.21 bits per heavy atom. The third-order valence-electron chi connectivity index (χ3n) is 2.80. The highest BCUT2D eigenvalue weighted by Gasteiger charge is 2.33. The van der Waals surface area contributed by atoms with Crippen LogP contribution >= 0.6 is 0 Å². The van der Waals surface area contributed by atoms with Crippen molar-refractivity contribution in [1.29, 1.82) is 0 Å². The number of carbonyl (C=O) groups is 3. The molecule has 0 aromatic carbocycles. The molecule has 0 spiro atoms. The van der Waals surface area contributed by atoms with Crippen LogP contribution in [-0.4, -0.2) is 53.7 Å². The average Bonchev–Trinajstić information content (AvgIpc) is 2.85. The maximum Gasteiger partial charge on any atom is 0.407 e. The monoisotopic (exact) mass is 270 g/mol. The van der Waals surface area contributed by atoms with Gasteiger partial charge in [-0.2, -0.15) is 0 Å². The molecular formula is C12H18N2O5. The third kappa shape index (κ3) is 4.61. The van der Waals surface area contributed by atoms with Crippen molar-refractivity contribution in [2.45, 2.75) is 25.3 Å². The first-order chi connectivity index (χ1) is 9.06. The Balaban J connectivity index is 2.29. The number of carbonyl (C=O) groups excluding carboxylic acids is 2. The summed E-state index contributed by atoms with van der Waals surface area (Å²) in [4.78, 5) is 35.2. The lowest BCUT2D eigenvalue weighted by Crippen LogP contribution is -2.41. The van der Waals surface area contributed by atoms with E-state index in [1.165, 1.54) is 11.0 Å². The molecule has 2 amide bonds. The zero-order valence-corrected chi connectivity index (χ0v) is 10.6. The van der Waals surface area contributed by atoms with E-state index < -0.39 is 18.1 Å². The van der Waals surface area contributed by atoms with Crippen LogP contribution < -0.4 is 5.32 Å². The van der Waals surface area contributed by atoms with Crippen LogP contribution in [0.5, 0.6) is 0 Å². The van der Waals surface area contributed by atoms with Crippen LogP contribution in [0.2, 0.25) is 0 Å². The zero-order valence-electron chi connectivity index (χ0n) is 10.6. The number of carboxylic acid groups (broad SMARTS) is 1. The van der Waals surface area contributed by atoms with Crippen molar-refractivity contribution >= 4 is 18.0 Å². The van der Waals surface area contributed by atoms with Gasteiger partial charge in [0, 0.05) is 19.5 Å². The fraction of sp³-hybridized carbons (Fsp3) is 0.583. The van der Waals surface area contributed by atoms with Gasteiger partial charge in [-0.3, -0.25) is 4.79 Å². The molecule has 7 nitrogen and oxygen atoms in total. The molecule has 1 aliphatic rings. The van der Waals surface area contributed by atoms with E-state index in [-0.39, 0.29) is 25.5 Å². The number of alkyl carbamates (subject to hydrolysis) is 1. The summed E-state index contributed by atoms with van der Waals surface area (Å²) >= 11 is 0. The number of rotatable bonds is 6. The molecule has 1 atom stereocenters. The van der Waals surface area contributed by atoms with Crippen molar-refractivity contribution in [1.82, 2.24) is 10.2 Å². The molecule has 1 saturated heterocycles. The minimum absolute atomic E-state index is 0.0625. The maximum atomic E-state index is 11.8. The van der Waals surface area contributed by atoms with Gasteiger partial charge in [-0.25, -0.2) is 9.59 Å². The molecule has 0 bridgehead atoms. The summed E-state index contributed by atoms with van der Waals surface area (Å²) in [5, 5.41) is 11.4. The summed E-state index contributed by atoms with van der Waals surface area (Å²) in [5.41, 5.74) is 0. The van der Waals surface area contributed by atoms with Crippen LogP contribution in [-0.2, 0) is 14.3 Å². The summed E-state index contributed by atoms with van der Waals surface area (Å²) in [6, 6.07) is -0.736. The molecule has 0 aromatic heterocycles. The van der Waals surface area contributed by atoms with Gasteiger partial charge in [0.1, 0.15) is 12.6 Å². The molecule has 106 valence electrons. The lowest BCUT2D eigenvalue weighted by Gasteiger charge is -2.21. The van der Waals surface area contributed by atoms with Gasteiger partial charge >= 0.3 is 12.1 Å². The minimum Gasteiger partial charge on any atom is -0.480 e. The number of amides is 2. The first-order valence-corrected chi connectivity index (χ1v) is 6.10. The summed E-state index contributed by atoms with van der Waals surface area (Å²) in [5.74, 6) is -1.25. The highest BCUT2D eigenvalue weighted by molar-refractivity contribution is 5.84. The zero-order chi connectivity index (χ0) is 14.3. The van der Waals surface area contributed by atoms with E-state index in [4.69, 9.17) is 5.11 Å². The number of nitrogens with one attached hydrogen (secondary N) is 1. The van der Waals surface area contributed by atoms with E-state index in [0.717, 1.165) is 0 Å². The van der Waals surface area contributed by atoms with Crippen LogP contribution in [0.1, 0.15) is 19.3 Å². The number of ether oxygens (including phenoxy) is 1. The van der Waals surface area contributed by atoms with Gasteiger partial charge in [-0.05, 0) is 12.8 Å². The second-order valence-corrected chi connectivity index (χ2v) is 4.15. The Labute approximate surface area is 111 Å². The number of hydrogen-bond acceptors (Lipinski definition) is 4. The molecule has 19 heavy (non-hydrogen) atoms. The van der Waals surface area contributed by atoms with Gasteiger partial charge < -0.3 is 20.1 Å². The predicted molar refractivity (Wildman–Crippen MR) is 66.5 cm³/mol. The summed E-state index contributed by atoms with van der Waals surface area (Å²) < 4.78 is 4.67. The molecule has 0 aliphatic carbocycles. The van der Waals surface area contributed by atoms with Crippen molar-refractivity contribution in [2.75, 3.05) is 19.7 Å². The van der Waals surface area contributed by atoms with E-state index in [2.05, 4.69) is 16.6 Å². The molecule has 1 aliphatic heterocycles. The topological polar surface area (TPSA) is 95.9 Å². The van der Waals surface area contributed by atoms with Crippen molar-refractivity contribution in [3.8, 4) is 0 Å². The van der Waals surface area contributed by atoms with Gasteiger partial charge in [-0.15, -0.1) is 0 Å². The van der Waals surface area contributed by atoms with Gasteiger partial charge in [0.15, 0.2) is 0 Å². The lowest BCUT2D eigenvalue weighted by molar-refractivity contribution is -0.148. The second kappa shape index (κ2) is 7.40. The quantitative estimate of drug-likeness (QED) is 0.679. The van der Waals surface area contributed by atoms with E-state index in [0.29, 0.717) is 19.4 Å². The molecule has 0 unspecified atom stereocenters. The SMILES string of the molecule is C=CCOC(=O)NCCC(=O)N1CCC[C@@H]1C(=O)O. The van der Waals surface area contributed by atoms with Crippen molar-refractivity contribution in [3.05, 3.63) is 12.7 Å². The summed E-state index contributed by atoms with van der Waals surface area (Å²) in [7, 11) is 0. The first-order valence-electron chi connectivity index (χ1n) is 6.10. The molecule has 2 N–H and O–H groups in total. The number of likely N-dealkylation sites (tertiary alicyclic amines) is 1. The fourth-order valence-corrected chi connectivity index (χ4v) is 1.92. The van der Waals surface area contributed by atoms with Crippen LogP contribution in [0.25, 0.3) is 0 Å². The summed E-state index contributed by atoms with van der Waals surface area (Å²) in [6.45, 7) is 4.08. The van der Waals surface area contributed by atoms with E-state index in [1.54, 1.807) is 0 Å². The lowest BCUT2D eigenvalue weighted by atomic mass is 10.2. The highest BCUT2D eigenvalue weighted by Crippen LogP contribution is 2.18. The second-order valence-electron chi connectivity index (χ2n) is 4.15. The number of aliphatic carboxylic acids is 1. The van der Waals surface area contributed by atoms with E-state index in [1.807, 2.05) is 0 Å². The van der Waals surface area contributed by atoms with Gasteiger partial charge in [0.25, 0.3) is 0 Å². The average molecular weight is 270 g/mol. The summed E-state index contributed by atoms with van der Waals surface area (Å²) in [6.07, 6.45) is 2.05. The van der Waals surface area contributed by atoms with E-state index in [9.17, 15) is 14.4 Å². The molecule has 1 heterocycles. The van der Waals surface area contributed by atoms with Crippen LogP contribution in [0, 0.1) is 0 Å². The van der Waals surface area contributed by atoms with Gasteiger partial charge in [0.2, 0.25) is 5.91 Å². The molecular weight excluding hydrogens is 252 g/mol. The largest absolute Gasteiger partial charge is 0.480 e. The number of nitrogens with zero attached hydrogens (tertiary/aromatic N) is 1. The Hall–Kier alpha value is -2.05. The molecule has 1 rings (SSSR count). The Morgan fingerprint density at radius 3 is 2.84 bits per heavy atom. The standard InChI is InChI=1S/C12H18N2O5/c1-2-8-19-12(18)13-6-5-10(15)14-7-3-4-9(14)11(16)17/h2,9H,1,3-8H2,(H,13,18)(H,16,17)/t9-/m1/s1. The van der Waals surface area contributed by atoms with Crippen molar-refractivity contribution < 1.29 is 24.2 Å². The maximum absolute atomic E-state index is 11.8. The molecule has 0 radical (unpaired) electrons. The Morgan fingerprint density at radius 1 is 1.47 bits per heavy atom. The van der Waals surface area contributed by atoms with Crippen molar-refractivity contribution in [3.63, 3.8) is 0 Å². The van der Waals surface area contributed by atoms with E-state index >= 15 is 0 Å². The number of hydrogen-bond donors (Lipinski definition) is 2. The molecule has 0 aromatic rings. The minimum atomic E-state index is -0.982. The Bertz CT molecular complexity index is 369. The molecule has 0 saturated carbocycles. The van der Waals surface area contributed by atoms with Gasteiger partial charge in [-0.1, -0.05) is 12.7 Å². The molecule has 7 heteroatoms. The molecule has 1 fully saturated rings. The van der Waals surface area contributed by atoms with Crippen LogP contribution in [0.15, 0.2) is 12.7 Å². The predicted octanol–water partition coefficient (Wildman–Crippen LogP) is 0.364. The first kappa shape index (κ1) is 15.0. The van der Waals surface area contributed by atoms with Crippen molar-refractivity contribution in [2.24, 2.45) is 0 Å². The van der Waals surface area contributed by atoms with Gasteiger partial charge in [0.05, 0.1) is 0 Å². The fourth-order valence-electron chi connectivity index (χ4n) is 1.92. The van der Waals surface area contributed by atoms with Crippen LogP contribution in [0.4, 0.5) is 4.79 Å². The normalized spacial score (nSPS) is 17.9. The highest BCUT2D eigenvalue weighted by atomic mass is 16.5. The third-order valence-corrected chi connectivity index (χ3v) is 2.80.